The fraction of sp³-hybridized carbons (Fsp3) is 0.600. The third kappa shape index (κ3) is 3.53. The summed E-state index contributed by atoms with van der Waals surface area (Å²) < 4.78 is 11.2. The van der Waals surface area contributed by atoms with Gasteiger partial charge >= 0.3 is 0 Å². The molecule has 19 heavy (non-hydrogen) atoms. The number of nitrogen functional groups attached to an aromatic ring is 1. The van der Waals surface area contributed by atoms with E-state index in [9.17, 15) is 0 Å². The van der Waals surface area contributed by atoms with Gasteiger partial charge in [0.05, 0.1) is 0 Å². The molecule has 0 radical (unpaired) electrons. The van der Waals surface area contributed by atoms with E-state index >= 15 is 0 Å². The highest BCUT2D eigenvalue weighted by Crippen LogP contribution is 2.34. The van der Waals surface area contributed by atoms with Gasteiger partial charge in [0.25, 0.3) is 0 Å². The molecule has 1 aromatic carbocycles. The molecule has 4 heteroatoms. The van der Waals surface area contributed by atoms with E-state index in [2.05, 4.69) is 18.7 Å². The van der Waals surface area contributed by atoms with E-state index in [0.29, 0.717) is 13.2 Å². The van der Waals surface area contributed by atoms with Crippen LogP contribution in [0.15, 0.2) is 12.1 Å². The quantitative estimate of drug-likeness (QED) is 0.802. The van der Waals surface area contributed by atoms with Crippen LogP contribution in [0, 0.1) is 0 Å². The van der Waals surface area contributed by atoms with Crippen molar-refractivity contribution in [3.63, 3.8) is 0 Å². The van der Waals surface area contributed by atoms with Crippen LogP contribution < -0.4 is 15.2 Å². The minimum atomic E-state index is 0.601. The van der Waals surface area contributed by atoms with Crippen molar-refractivity contribution in [3.05, 3.63) is 17.7 Å². The van der Waals surface area contributed by atoms with Gasteiger partial charge in [0.2, 0.25) is 0 Å². The molecule has 0 atom stereocenters. The summed E-state index contributed by atoms with van der Waals surface area (Å²) in [5.41, 5.74) is 8.05. The molecular formula is C15H24N2O2. The first-order chi connectivity index (χ1) is 9.24. The molecule has 2 N–H and O–H groups in total. The fourth-order valence-corrected chi connectivity index (χ4v) is 2.43. The Morgan fingerprint density at radius 1 is 1.05 bits per heavy atom. The zero-order valence-corrected chi connectivity index (χ0v) is 11.9. The SMILES string of the molecule is CCCN(CCC)Cc1cc2c(cc1N)OCCO2. The van der Waals surface area contributed by atoms with Gasteiger partial charge in [0.1, 0.15) is 13.2 Å². The van der Waals surface area contributed by atoms with Crippen molar-refractivity contribution >= 4 is 5.69 Å². The maximum absolute atomic E-state index is 6.12. The van der Waals surface area contributed by atoms with Crippen molar-refractivity contribution in [2.45, 2.75) is 33.2 Å². The predicted octanol–water partition coefficient (Wildman–Crippen LogP) is 2.66. The Balaban J connectivity index is 2.14. The maximum atomic E-state index is 6.12. The molecule has 0 saturated carbocycles. The molecule has 0 aliphatic carbocycles. The van der Waals surface area contributed by atoms with Gasteiger partial charge in [-0.1, -0.05) is 13.8 Å². The van der Waals surface area contributed by atoms with Crippen LogP contribution in [0.25, 0.3) is 0 Å². The molecule has 1 aromatic rings. The van der Waals surface area contributed by atoms with Crippen molar-refractivity contribution in [2.24, 2.45) is 0 Å². The topological polar surface area (TPSA) is 47.7 Å². The molecule has 106 valence electrons. The first-order valence-corrected chi connectivity index (χ1v) is 7.15. The van der Waals surface area contributed by atoms with Crippen molar-refractivity contribution in [2.75, 3.05) is 32.0 Å². The Morgan fingerprint density at radius 2 is 1.63 bits per heavy atom. The van der Waals surface area contributed by atoms with Gasteiger partial charge in [0.15, 0.2) is 11.5 Å². The molecular weight excluding hydrogens is 240 g/mol. The molecule has 0 bridgehead atoms. The molecule has 4 nitrogen and oxygen atoms in total. The summed E-state index contributed by atoms with van der Waals surface area (Å²) in [6.07, 6.45) is 2.31. The van der Waals surface area contributed by atoms with E-state index in [0.717, 1.165) is 55.2 Å². The summed E-state index contributed by atoms with van der Waals surface area (Å²) >= 11 is 0. The monoisotopic (exact) mass is 264 g/mol. The van der Waals surface area contributed by atoms with Gasteiger partial charge in [-0.3, -0.25) is 4.90 Å². The lowest BCUT2D eigenvalue weighted by molar-refractivity contribution is 0.171. The minimum Gasteiger partial charge on any atom is -0.486 e. The number of nitrogens with two attached hydrogens (primary N) is 1. The third-order valence-electron chi connectivity index (χ3n) is 3.28. The van der Waals surface area contributed by atoms with Crippen LogP contribution in [0.2, 0.25) is 0 Å². The second-order valence-electron chi connectivity index (χ2n) is 4.97. The van der Waals surface area contributed by atoms with Gasteiger partial charge in [-0.25, -0.2) is 0 Å². The Labute approximate surface area is 115 Å². The van der Waals surface area contributed by atoms with Crippen LogP contribution in [0.3, 0.4) is 0 Å². The van der Waals surface area contributed by atoms with Gasteiger partial charge in [0, 0.05) is 18.3 Å². The summed E-state index contributed by atoms with van der Waals surface area (Å²) in [6, 6.07) is 3.92. The second kappa shape index (κ2) is 6.66. The Kier molecular flexibility index (Phi) is 4.91. The van der Waals surface area contributed by atoms with Crippen molar-refractivity contribution < 1.29 is 9.47 Å². The summed E-state index contributed by atoms with van der Waals surface area (Å²) in [7, 11) is 0. The minimum absolute atomic E-state index is 0.601. The highest BCUT2D eigenvalue weighted by atomic mass is 16.6. The van der Waals surface area contributed by atoms with E-state index in [1.807, 2.05) is 12.1 Å². The number of anilines is 1. The highest BCUT2D eigenvalue weighted by Gasteiger charge is 2.16. The van der Waals surface area contributed by atoms with Crippen LogP contribution in [0.1, 0.15) is 32.3 Å². The van der Waals surface area contributed by atoms with E-state index in [-0.39, 0.29) is 0 Å². The average Bonchev–Trinajstić information content (AvgIpc) is 2.40. The molecule has 1 aliphatic rings. The van der Waals surface area contributed by atoms with E-state index in [1.54, 1.807) is 0 Å². The smallest absolute Gasteiger partial charge is 0.163 e. The van der Waals surface area contributed by atoms with Gasteiger partial charge in [-0.05, 0) is 37.6 Å². The third-order valence-corrected chi connectivity index (χ3v) is 3.28. The second-order valence-corrected chi connectivity index (χ2v) is 4.97. The highest BCUT2D eigenvalue weighted by molar-refractivity contribution is 5.58. The van der Waals surface area contributed by atoms with Crippen LogP contribution in [0.4, 0.5) is 5.69 Å². The summed E-state index contributed by atoms with van der Waals surface area (Å²) in [5.74, 6) is 1.59. The lowest BCUT2D eigenvalue weighted by Gasteiger charge is -2.24. The van der Waals surface area contributed by atoms with E-state index < -0.39 is 0 Å². The molecule has 0 unspecified atom stereocenters. The molecule has 0 aromatic heterocycles. The normalized spacial score (nSPS) is 13.8. The number of fused-ring (bicyclic) bond motifs is 1. The number of nitrogens with zero attached hydrogens (tertiary/aromatic N) is 1. The molecule has 2 rings (SSSR count). The fourth-order valence-electron chi connectivity index (χ4n) is 2.43. The number of hydrogen-bond donors (Lipinski definition) is 1. The Bertz CT molecular complexity index is 415. The zero-order chi connectivity index (χ0) is 13.7. The first kappa shape index (κ1) is 14.0. The molecule has 0 saturated heterocycles. The number of benzene rings is 1. The van der Waals surface area contributed by atoms with Crippen LogP contribution >= 0.6 is 0 Å². The first-order valence-electron chi connectivity index (χ1n) is 7.15. The maximum Gasteiger partial charge on any atom is 0.163 e. The lowest BCUT2D eigenvalue weighted by atomic mass is 10.1. The van der Waals surface area contributed by atoms with Crippen LogP contribution in [-0.2, 0) is 6.54 Å². The summed E-state index contributed by atoms with van der Waals surface area (Å²) in [5, 5.41) is 0. The van der Waals surface area contributed by atoms with Crippen LogP contribution in [-0.4, -0.2) is 31.2 Å². The predicted molar refractivity (Wildman–Crippen MR) is 77.7 cm³/mol. The molecule has 0 fully saturated rings. The van der Waals surface area contributed by atoms with Crippen molar-refractivity contribution in [1.82, 2.24) is 4.90 Å². The van der Waals surface area contributed by atoms with Gasteiger partial charge in [-0.15, -0.1) is 0 Å². The van der Waals surface area contributed by atoms with Gasteiger partial charge < -0.3 is 15.2 Å². The van der Waals surface area contributed by atoms with Crippen LogP contribution in [0.5, 0.6) is 11.5 Å². The van der Waals surface area contributed by atoms with Crippen molar-refractivity contribution in [1.29, 1.82) is 0 Å². The van der Waals surface area contributed by atoms with E-state index in [1.165, 1.54) is 0 Å². The Hall–Kier alpha value is -1.42. The number of rotatable bonds is 6. The number of hydrogen-bond acceptors (Lipinski definition) is 4. The lowest BCUT2D eigenvalue weighted by Crippen LogP contribution is -2.25. The number of ether oxygens (including phenoxy) is 2. The standard InChI is InChI=1S/C15H24N2O2/c1-3-5-17(6-4-2)11-12-9-14-15(10-13(12)16)19-8-7-18-14/h9-10H,3-8,11,16H2,1-2H3. The zero-order valence-electron chi connectivity index (χ0n) is 11.9. The van der Waals surface area contributed by atoms with E-state index in [4.69, 9.17) is 15.2 Å². The molecule has 1 aliphatic heterocycles. The summed E-state index contributed by atoms with van der Waals surface area (Å²) in [4.78, 5) is 2.43. The van der Waals surface area contributed by atoms with Gasteiger partial charge in [-0.2, -0.15) is 0 Å². The molecule has 0 amide bonds. The summed E-state index contributed by atoms with van der Waals surface area (Å²) in [6.45, 7) is 8.70. The average molecular weight is 264 g/mol. The van der Waals surface area contributed by atoms with Crippen molar-refractivity contribution in [3.8, 4) is 11.5 Å². The molecule has 1 heterocycles. The largest absolute Gasteiger partial charge is 0.486 e. The Morgan fingerprint density at radius 3 is 2.21 bits per heavy atom. The molecule has 0 spiro atoms.